The summed E-state index contributed by atoms with van der Waals surface area (Å²) in [4.78, 5) is 10.2. The molecule has 0 aromatic carbocycles. The van der Waals surface area contributed by atoms with Gasteiger partial charge in [0.2, 0.25) is 5.91 Å². The number of allylic oxidation sites excluding steroid dienone is 3. The first-order chi connectivity index (χ1) is 4.77. The van der Waals surface area contributed by atoms with Crippen LogP contribution in [0.2, 0.25) is 0 Å². The van der Waals surface area contributed by atoms with Crippen molar-refractivity contribution in [1.82, 2.24) is 0 Å². The van der Waals surface area contributed by atoms with Crippen molar-refractivity contribution in [3.05, 3.63) is 24.8 Å². The van der Waals surface area contributed by atoms with Crippen molar-refractivity contribution in [1.29, 1.82) is 0 Å². The molecule has 0 aliphatic carbocycles. The average molecular weight is 139 g/mol. The van der Waals surface area contributed by atoms with E-state index in [1.165, 1.54) is 0 Å². The summed E-state index contributed by atoms with van der Waals surface area (Å²) in [7, 11) is 0. The molecule has 56 valence electrons. The Labute approximate surface area is 61.4 Å². The summed E-state index contributed by atoms with van der Waals surface area (Å²) in [5, 5.41) is 0. The second kappa shape index (κ2) is 6.08. The normalized spacial score (nSPS) is 10.0. The number of amides is 1. The molecular formula is C8H13NO. The Balaban J connectivity index is 3.12. The highest BCUT2D eigenvalue weighted by Gasteiger charge is 1.89. The number of hydrogen-bond acceptors (Lipinski definition) is 1. The second-order valence-electron chi connectivity index (χ2n) is 2.02. The Morgan fingerprint density at radius 3 is 2.80 bits per heavy atom. The minimum atomic E-state index is -0.230. The summed E-state index contributed by atoms with van der Waals surface area (Å²) in [6, 6.07) is 0. The van der Waals surface area contributed by atoms with E-state index in [1.807, 2.05) is 12.2 Å². The number of carbonyl (C=O) groups is 1. The van der Waals surface area contributed by atoms with Crippen molar-refractivity contribution in [2.75, 3.05) is 0 Å². The fraction of sp³-hybridized carbons (Fsp3) is 0.375. The van der Waals surface area contributed by atoms with Crippen molar-refractivity contribution in [2.45, 2.75) is 19.3 Å². The fourth-order valence-corrected chi connectivity index (χ4v) is 0.587. The molecule has 0 unspecified atom stereocenters. The lowest BCUT2D eigenvalue weighted by molar-refractivity contribution is -0.118. The van der Waals surface area contributed by atoms with Gasteiger partial charge in [-0.3, -0.25) is 4.79 Å². The summed E-state index contributed by atoms with van der Waals surface area (Å²) in [6.07, 6.45) is 7.75. The van der Waals surface area contributed by atoms with E-state index in [9.17, 15) is 4.79 Å². The van der Waals surface area contributed by atoms with Crippen LogP contribution in [0.1, 0.15) is 19.3 Å². The second-order valence-corrected chi connectivity index (χ2v) is 2.02. The zero-order chi connectivity index (χ0) is 7.82. The Morgan fingerprint density at radius 2 is 2.30 bits per heavy atom. The van der Waals surface area contributed by atoms with Crippen molar-refractivity contribution < 1.29 is 4.79 Å². The van der Waals surface area contributed by atoms with Gasteiger partial charge in [-0.05, 0) is 12.8 Å². The molecule has 0 aliphatic rings. The summed E-state index contributed by atoms with van der Waals surface area (Å²) in [5.74, 6) is -0.230. The molecule has 0 saturated heterocycles. The van der Waals surface area contributed by atoms with Crippen molar-refractivity contribution in [3.8, 4) is 0 Å². The third kappa shape index (κ3) is 6.95. The maximum atomic E-state index is 10.2. The Bertz CT molecular complexity index is 138. The first-order valence-electron chi connectivity index (χ1n) is 3.33. The molecule has 0 saturated carbocycles. The molecule has 0 aromatic rings. The molecule has 10 heavy (non-hydrogen) atoms. The van der Waals surface area contributed by atoms with E-state index in [0.717, 1.165) is 12.8 Å². The smallest absolute Gasteiger partial charge is 0.217 e. The van der Waals surface area contributed by atoms with E-state index < -0.39 is 0 Å². The quantitative estimate of drug-likeness (QED) is 0.454. The van der Waals surface area contributed by atoms with E-state index >= 15 is 0 Å². The number of unbranched alkanes of at least 4 members (excludes halogenated alkanes) is 1. The van der Waals surface area contributed by atoms with Crippen molar-refractivity contribution in [3.63, 3.8) is 0 Å². The molecule has 0 rings (SSSR count). The molecule has 2 heteroatoms. The van der Waals surface area contributed by atoms with Gasteiger partial charge in [0, 0.05) is 6.42 Å². The zero-order valence-electron chi connectivity index (χ0n) is 6.05. The highest BCUT2D eigenvalue weighted by atomic mass is 16.1. The summed E-state index contributed by atoms with van der Waals surface area (Å²) in [6.45, 7) is 3.51. The van der Waals surface area contributed by atoms with Crippen LogP contribution in [-0.2, 0) is 4.79 Å². The molecule has 0 radical (unpaired) electrons. The van der Waals surface area contributed by atoms with Gasteiger partial charge in [-0.2, -0.15) is 0 Å². The van der Waals surface area contributed by atoms with Gasteiger partial charge in [-0.1, -0.05) is 24.8 Å². The largest absolute Gasteiger partial charge is 0.370 e. The lowest BCUT2D eigenvalue weighted by Crippen LogP contribution is -2.09. The number of nitrogens with two attached hydrogens (primary N) is 1. The van der Waals surface area contributed by atoms with Crippen LogP contribution in [-0.4, -0.2) is 5.91 Å². The monoisotopic (exact) mass is 139 g/mol. The lowest BCUT2D eigenvalue weighted by Gasteiger charge is -1.89. The van der Waals surface area contributed by atoms with Crippen LogP contribution < -0.4 is 5.73 Å². The van der Waals surface area contributed by atoms with E-state index in [1.54, 1.807) is 6.08 Å². The van der Waals surface area contributed by atoms with Crippen molar-refractivity contribution in [2.24, 2.45) is 5.73 Å². The van der Waals surface area contributed by atoms with Gasteiger partial charge < -0.3 is 5.73 Å². The van der Waals surface area contributed by atoms with Gasteiger partial charge in [-0.25, -0.2) is 0 Å². The van der Waals surface area contributed by atoms with Gasteiger partial charge in [0.25, 0.3) is 0 Å². The zero-order valence-corrected chi connectivity index (χ0v) is 6.05. The standard InChI is InChI=1S/C8H13NO/c1-2-3-4-5-6-7-8(9)10/h2-4H,1,5-7H2,(H2,9,10)/b4-3+. The topological polar surface area (TPSA) is 43.1 Å². The van der Waals surface area contributed by atoms with Crippen LogP contribution in [0.3, 0.4) is 0 Å². The lowest BCUT2D eigenvalue weighted by atomic mass is 10.2. The van der Waals surface area contributed by atoms with Crippen LogP contribution in [0, 0.1) is 0 Å². The molecule has 0 bridgehead atoms. The highest BCUT2D eigenvalue weighted by molar-refractivity contribution is 5.73. The van der Waals surface area contributed by atoms with Gasteiger partial charge in [-0.15, -0.1) is 0 Å². The average Bonchev–Trinajstić information content (AvgIpc) is 1.87. The van der Waals surface area contributed by atoms with Crippen LogP contribution in [0.5, 0.6) is 0 Å². The molecular weight excluding hydrogens is 126 g/mol. The van der Waals surface area contributed by atoms with Gasteiger partial charge in [0.1, 0.15) is 0 Å². The molecule has 2 nitrogen and oxygen atoms in total. The molecule has 0 spiro atoms. The predicted molar refractivity (Wildman–Crippen MR) is 42.4 cm³/mol. The van der Waals surface area contributed by atoms with Crippen LogP contribution in [0.15, 0.2) is 24.8 Å². The predicted octanol–water partition coefficient (Wildman–Crippen LogP) is 1.38. The summed E-state index contributed by atoms with van der Waals surface area (Å²) >= 11 is 0. The number of hydrogen-bond donors (Lipinski definition) is 1. The molecule has 0 fully saturated rings. The van der Waals surface area contributed by atoms with Crippen molar-refractivity contribution >= 4 is 5.91 Å². The minimum Gasteiger partial charge on any atom is -0.370 e. The van der Waals surface area contributed by atoms with Crippen LogP contribution >= 0.6 is 0 Å². The third-order valence-corrected chi connectivity index (χ3v) is 1.07. The van der Waals surface area contributed by atoms with Crippen LogP contribution in [0.4, 0.5) is 0 Å². The summed E-state index contributed by atoms with van der Waals surface area (Å²) < 4.78 is 0. The fourth-order valence-electron chi connectivity index (χ4n) is 0.587. The molecule has 0 heterocycles. The van der Waals surface area contributed by atoms with E-state index in [4.69, 9.17) is 5.73 Å². The first kappa shape index (κ1) is 8.95. The van der Waals surface area contributed by atoms with E-state index in [-0.39, 0.29) is 5.91 Å². The molecule has 1 amide bonds. The van der Waals surface area contributed by atoms with Gasteiger partial charge >= 0.3 is 0 Å². The van der Waals surface area contributed by atoms with E-state index in [0.29, 0.717) is 6.42 Å². The minimum absolute atomic E-state index is 0.230. The Hall–Kier alpha value is -1.05. The summed E-state index contributed by atoms with van der Waals surface area (Å²) in [5.41, 5.74) is 4.92. The van der Waals surface area contributed by atoms with Crippen LogP contribution in [0.25, 0.3) is 0 Å². The molecule has 2 N–H and O–H groups in total. The molecule has 0 aromatic heterocycles. The van der Waals surface area contributed by atoms with Gasteiger partial charge in [0.15, 0.2) is 0 Å². The highest BCUT2D eigenvalue weighted by Crippen LogP contribution is 1.94. The SMILES string of the molecule is C=C/C=C/CCCC(N)=O. The van der Waals surface area contributed by atoms with E-state index in [2.05, 4.69) is 6.58 Å². The van der Waals surface area contributed by atoms with Gasteiger partial charge in [0.05, 0.1) is 0 Å². The Morgan fingerprint density at radius 1 is 1.60 bits per heavy atom. The number of rotatable bonds is 5. The number of carbonyl (C=O) groups excluding carboxylic acids is 1. The maximum Gasteiger partial charge on any atom is 0.217 e. The third-order valence-electron chi connectivity index (χ3n) is 1.07. The number of primary amides is 1. The Kier molecular flexibility index (Phi) is 5.44. The molecule has 0 atom stereocenters. The molecule has 0 aliphatic heterocycles. The first-order valence-corrected chi connectivity index (χ1v) is 3.33. The maximum absolute atomic E-state index is 10.2.